The van der Waals surface area contributed by atoms with Crippen molar-refractivity contribution in [2.75, 3.05) is 19.0 Å². The van der Waals surface area contributed by atoms with Gasteiger partial charge in [-0.3, -0.25) is 4.79 Å². The predicted octanol–water partition coefficient (Wildman–Crippen LogP) is 4.11. The minimum absolute atomic E-state index is 0.0578. The Labute approximate surface area is 144 Å². The van der Waals surface area contributed by atoms with Gasteiger partial charge in [0.1, 0.15) is 5.75 Å². The third-order valence-corrected chi connectivity index (χ3v) is 4.11. The lowest BCUT2D eigenvalue weighted by molar-refractivity contribution is -0.114. The van der Waals surface area contributed by atoms with Crippen molar-refractivity contribution < 1.29 is 9.53 Å². The fourth-order valence-electron chi connectivity index (χ4n) is 2.74. The summed E-state index contributed by atoms with van der Waals surface area (Å²) >= 11 is 0. The Morgan fingerprint density at radius 3 is 2.58 bits per heavy atom. The summed E-state index contributed by atoms with van der Waals surface area (Å²) in [5.41, 5.74) is 3.17. The monoisotopic (exact) mass is 326 g/mol. The van der Waals surface area contributed by atoms with Crippen LogP contribution >= 0.6 is 0 Å². The first kappa shape index (κ1) is 18.0. The van der Waals surface area contributed by atoms with Crippen LogP contribution in [0.4, 0.5) is 5.69 Å². The highest BCUT2D eigenvalue weighted by Gasteiger charge is 2.13. The molecule has 0 radical (unpaired) electrons. The van der Waals surface area contributed by atoms with Gasteiger partial charge in [-0.25, -0.2) is 0 Å². The summed E-state index contributed by atoms with van der Waals surface area (Å²) in [6, 6.07) is 16.2. The minimum Gasteiger partial charge on any atom is -0.496 e. The molecule has 0 unspecified atom stereocenters. The summed E-state index contributed by atoms with van der Waals surface area (Å²) in [5.74, 6) is 1.20. The van der Waals surface area contributed by atoms with E-state index in [-0.39, 0.29) is 11.9 Å². The van der Waals surface area contributed by atoms with Crippen molar-refractivity contribution in [3.63, 3.8) is 0 Å². The van der Waals surface area contributed by atoms with Crippen LogP contribution in [-0.4, -0.2) is 19.6 Å². The van der Waals surface area contributed by atoms with E-state index in [0.717, 1.165) is 23.5 Å². The van der Waals surface area contributed by atoms with E-state index in [1.165, 1.54) is 12.5 Å². The van der Waals surface area contributed by atoms with Crippen molar-refractivity contribution in [2.24, 2.45) is 0 Å². The molecule has 0 aromatic heterocycles. The van der Waals surface area contributed by atoms with E-state index in [1.807, 2.05) is 36.4 Å². The molecule has 0 aliphatic carbocycles. The molecule has 2 N–H and O–H groups in total. The standard InChI is InChI=1S/C20H26N2O2/c1-14(19-10-5-6-11-20(19)24-4)13-21-15(2)17-8-7-9-18(12-17)22-16(3)23/h5-12,14-15,21H,13H2,1-4H3,(H,22,23)/t14-,15+/m1/s1. The second kappa shape index (κ2) is 8.50. The molecule has 0 spiro atoms. The van der Waals surface area contributed by atoms with E-state index in [9.17, 15) is 4.79 Å². The number of carbonyl (C=O) groups excluding carboxylic acids is 1. The van der Waals surface area contributed by atoms with E-state index >= 15 is 0 Å². The van der Waals surface area contributed by atoms with Crippen LogP contribution in [0.15, 0.2) is 48.5 Å². The van der Waals surface area contributed by atoms with Crippen molar-refractivity contribution in [1.82, 2.24) is 5.32 Å². The van der Waals surface area contributed by atoms with Crippen molar-refractivity contribution in [2.45, 2.75) is 32.7 Å². The predicted molar refractivity (Wildman–Crippen MR) is 98.6 cm³/mol. The molecule has 0 saturated heterocycles. The summed E-state index contributed by atoms with van der Waals surface area (Å²) in [4.78, 5) is 11.2. The van der Waals surface area contributed by atoms with Gasteiger partial charge in [-0.1, -0.05) is 37.3 Å². The normalized spacial score (nSPS) is 13.2. The van der Waals surface area contributed by atoms with Gasteiger partial charge in [-0.2, -0.15) is 0 Å². The maximum absolute atomic E-state index is 11.2. The van der Waals surface area contributed by atoms with Crippen LogP contribution in [0.3, 0.4) is 0 Å². The zero-order valence-electron chi connectivity index (χ0n) is 14.8. The van der Waals surface area contributed by atoms with Crippen LogP contribution in [0.2, 0.25) is 0 Å². The number of ether oxygens (including phenoxy) is 1. The Morgan fingerprint density at radius 1 is 1.12 bits per heavy atom. The summed E-state index contributed by atoms with van der Waals surface area (Å²) < 4.78 is 5.44. The van der Waals surface area contributed by atoms with Gasteiger partial charge < -0.3 is 15.4 Å². The lowest BCUT2D eigenvalue weighted by Crippen LogP contribution is -2.24. The average molecular weight is 326 g/mol. The Kier molecular flexibility index (Phi) is 6.38. The molecule has 2 rings (SSSR count). The van der Waals surface area contributed by atoms with Crippen LogP contribution in [0.25, 0.3) is 0 Å². The van der Waals surface area contributed by atoms with E-state index in [2.05, 4.69) is 36.6 Å². The van der Waals surface area contributed by atoms with Crippen LogP contribution in [-0.2, 0) is 4.79 Å². The van der Waals surface area contributed by atoms with Crippen molar-refractivity contribution in [3.8, 4) is 5.75 Å². The summed E-state index contributed by atoms with van der Waals surface area (Å²) in [7, 11) is 1.70. The Morgan fingerprint density at radius 2 is 1.88 bits per heavy atom. The van der Waals surface area contributed by atoms with Gasteiger partial charge in [0.25, 0.3) is 0 Å². The maximum atomic E-state index is 11.2. The second-order valence-corrected chi connectivity index (χ2v) is 6.08. The molecule has 128 valence electrons. The molecule has 0 bridgehead atoms. The van der Waals surface area contributed by atoms with Gasteiger partial charge in [0, 0.05) is 25.2 Å². The smallest absolute Gasteiger partial charge is 0.221 e. The Bertz CT molecular complexity index is 685. The highest BCUT2D eigenvalue weighted by Crippen LogP contribution is 2.26. The molecule has 0 fully saturated rings. The van der Waals surface area contributed by atoms with Gasteiger partial charge in [0.15, 0.2) is 0 Å². The molecule has 0 heterocycles. The van der Waals surface area contributed by atoms with Crippen molar-refractivity contribution >= 4 is 11.6 Å². The fraction of sp³-hybridized carbons (Fsp3) is 0.350. The van der Waals surface area contributed by atoms with Crippen LogP contribution in [0, 0.1) is 0 Å². The molecule has 4 heteroatoms. The zero-order valence-corrected chi connectivity index (χ0v) is 14.8. The molecular weight excluding hydrogens is 300 g/mol. The first-order chi connectivity index (χ1) is 11.5. The van der Waals surface area contributed by atoms with Crippen molar-refractivity contribution in [3.05, 3.63) is 59.7 Å². The van der Waals surface area contributed by atoms with E-state index < -0.39 is 0 Å². The lowest BCUT2D eigenvalue weighted by Gasteiger charge is -2.20. The molecule has 0 aliphatic heterocycles. The first-order valence-corrected chi connectivity index (χ1v) is 8.25. The third kappa shape index (κ3) is 4.83. The lowest BCUT2D eigenvalue weighted by atomic mass is 9.99. The molecule has 24 heavy (non-hydrogen) atoms. The van der Waals surface area contributed by atoms with Crippen LogP contribution in [0.5, 0.6) is 5.75 Å². The molecule has 1 amide bonds. The molecule has 2 aromatic rings. The number of hydrogen-bond donors (Lipinski definition) is 2. The fourth-order valence-corrected chi connectivity index (χ4v) is 2.74. The Hall–Kier alpha value is -2.33. The molecule has 2 aromatic carbocycles. The molecule has 2 atom stereocenters. The number of hydrogen-bond acceptors (Lipinski definition) is 3. The molecule has 0 aliphatic rings. The quantitative estimate of drug-likeness (QED) is 0.805. The molecule has 4 nitrogen and oxygen atoms in total. The van der Waals surface area contributed by atoms with E-state index in [1.54, 1.807) is 7.11 Å². The number of anilines is 1. The highest BCUT2D eigenvalue weighted by atomic mass is 16.5. The third-order valence-electron chi connectivity index (χ3n) is 4.11. The maximum Gasteiger partial charge on any atom is 0.221 e. The van der Waals surface area contributed by atoms with Gasteiger partial charge >= 0.3 is 0 Å². The number of methoxy groups -OCH3 is 1. The first-order valence-electron chi connectivity index (χ1n) is 8.25. The molecular formula is C20H26N2O2. The number of rotatable bonds is 7. The summed E-state index contributed by atoms with van der Waals surface area (Å²) in [5, 5.41) is 6.38. The number of para-hydroxylation sites is 1. The van der Waals surface area contributed by atoms with Gasteiger partial charge in [-0.15, -0.1) is 0 Å². The van der Waals surface area contributed by atoms with Crippen LogP contribution < -0.4 is 15.4 Å². The van der Waals surface area contributed by atoms with E-state index in [4.69, 9.17) is 4.74 Å². The molecule has 0 saturated carbocycles. The number of carbonyl (C=O) groups is 1. The second-order valence-electron chi connectivity index (χ2n) is 6.08. The largest absolute Gasteiger partial charge is 0.496 e. The number of amides is 1. The van der Waals surface area contributed by atoms with Gasteiger partial charge in [-0.05, 0) is 42.2 Å². The minimum atomic E-state index is -0.0578. The van der Waals surface area contributed by atoms with Crippen molar-refractivity contribution in [1.29, 1.82) is 0 Å². The summed E-state index contributed by atoms with van der Waals surface area (Å²) in [6.45, 7) is 6.67. The topological polar surface area (TPSA) is 50.4 Å². The van der Waals surface area contributed by atoms with Gasteiger partial charge in [0.05, 0.1) is 7.11 Å². The average Bonchev–Trinajstić information content (AvgIpc) is 2.59. The highest BCUT2D eigenvalue weighted by molar-refractivity contribution is 5.88. The van der Waals surface area contributed by atoms with E-state index in [0.29, 0.717) is 5.92 Å². The SMILES string of the molecule is COc1ccccc1[C@H](C)CN[C@@H](C)c1cccc(NC(C)=O)c1. The van der Waals surface area contributed by atoms with Crippen LogP contribution in [0.1, 0.15) is 43.9 Å². The number of benzene rings is 2. The number of nitrogens with one attached hydrogen (secondary N) is 2. The summed E-state index contributed by atoms with van der Waals surface area (Å²) in [6.07, 6.45) is 0. The van der Waals surface area contributed by atoms with Gasteiger partial charge in [0.2, 0.25) is 5.91 Å². The Balaban J connectivity index is 1.99. The zero-order chi connectivity index (χ0) is 17.5.